The molecular weight excluding hydrogens is 356 g/mol. The van der Waals surface area contributed by atoms with Crippen LogP contribution >= 0.6 is 0 Å². The fourth-order valence-electron chi connectivity index (χ4n) is 2.87. The van der Waals surface area contributed by atoms with Crippen molar-refractivity contribution in [2.24, 2.45) is 0 Å². The van der Waals surface area contributed by atoms with Crippen LogP contribution in [0.5, 0.6) is 0 Å². The Labute approximate surface area is 158 Å². The third kappa shape index (κ3) is 4.94. The molecular formula is C19H29ClN2O2S. The van der Waals surface area contributed by atoms with Crippen LogP contribution in [0, 0.1) is 13.8 Å². The minimum Gasteiger partial charge on any atom is -1.00 e. The molecule has 0 radical (unpaired) electrons. The number of sulfonamides is 1. The van der Waals surface area contributed by atoms with Crippen LogP contribution in [0.15, 0.2) is 29.2 Å². The van der Waals surface area contributed by atoms with Crippen molar-refractivity contribution in [3.05, 3.63) is 41.0 Å². The topological polar surface area (TPSA) is 50.6 Å². The number of quaternary nitrogens is 1. The average Bonchev–Trinajstić information content (AvgIpc) is 2.69. The Balaban J connectivity index is 0.00000312. The Bertz CT molecular complexity index is 802. The number of hydrogen-bond donors (Lipinski definition) is 2. The monoisotopic (exact) mass is 384 g/mol. The highest BCUT2D eigenvalue weighted by Gasteiger charge is 2.25. The molecule has 0 saturated heterocycles. The average molecular weight is 385 g/mol. The largest absolute Gasteiger partial charge is 1.00 e. The molecule has 0 bridgehead atoms. The molecule has 2 aliphatic carbocycles. The van der Waals surface area contributed by atoms with Gasteiger partial charge in [-0.3, -0.25) is 0 Å². The fourth-order valence-corrected chi connectivity index (χ4v) is 4.27. The zero-order valence-corrected chi connectivity index (χ0v) is 17.5. The lowest BCUT2D eigenvalue weighted by molar-refractivity contribution is -0.856. The molecule has 0 amide bonds. The van der Waals surface area contributed by atoms with Crippen molar-refractivity contribution in [2.45, 2.75) is 38.5 Å². The molecule has 2 aliphatic rings. The molecule has 0 aliphatic heterocycles. The first-order valence-corrected chi connectivity index (χ1v) is 9.94. The number of hydrogen-bond acceptors (Lipinski definition) is 2. The van der Waals surface area contributed by atoms with Crippen LogP contribution in [0.25, 0.3) is 11.1 Å². The zero-order chi connectivity index (χ0) is 18.1. The first-order chi connectivity index (χ1) is 11.1. The molecule has 0 saturated carbocycles. The van der Waals surface area contributed by atoms with Gasteiger partial charge in [0.05, 0.1) is 32.1 Å². The predicted molar refractivity (Wildman–Crippen MR) is 99.5 cm³/mol. The van der Waals surface area contributed by atoms with Gasteiger partial charge in [-0.25, -0.2) is 13.1 Å². The number of aryl methyl sites for hydroxylation is 2. The molecule has 2 rings (SSSR count). The molecule has 0 aromatic heterocycles. The van der Waals surface area contributed by atoms with Crippen LogP contribution in [0.2, 0.25) is 0 Å². The summed E-state index contributed by atoms with van der Waals surface area (Å²) in [7, 11) is 0.505. The molecule has 0 aromatic carbocycles. The normalized spacial score (nSPS) is 12.0. The van der Waals surface area contributed by atoms with Crippen LogP contribution in [-0.4, -0.2) is 35.6 Å². The van der Waals surface area contributed by atoms with Crippen molar-refractivity contribution in [3.8, 4) is 11.1 Å². The molecule has 25 heavy (non-hydrogen) atoms. The van der Waals surface area contributed by atoms with E-state index >= 15 is 0 Å². The Morgan fingerprint density at radius 3 is 2.28 bits per heavy atom. The van der Waals surface area contributed by atoms with Crippen molar-refractivity contribution < 1.29 is 25.7 Å². The summed E-state index contributed by atoms with van der Waals surface area (Å²) >= 11 is 0. The molecule has 4 nitrogen and oxygen atoms in total. The second kappa shape index (κ2) is 8.49. The smallest absolute Gasteiger partial charge is 0.241 e. The van der Waals surface area contributed by atoms with Gasteiger partial charge in [-0.1, -0.05) is 32.0 Å². The molecule has 0 aromatic rings. The summed E-state index contributed by atoms with van der Waals surface area (Å²) < 4.78 is 28.3. The standard InChI is InChI=1S/C19H28N2O2S.ClH/c1-13(2)16-8-7-14(3)19-17(12-16)15(4)11-18(19)24(22,23)20-9-10-21(5)6;/h7-8,11-13,20H,9-10H2,1-6H3;1H. The highest BCUT2D eigenvalue weighted by atomic mass is 35.5. The van der Waals surface area contributed by atoms with E-state index in [1.165, 1.54) is 10.5 Å². The van der Waals surface area contributed by atoms with Gasteiger partial charge in [0.25, 0.3) is 0 Å². The van der Waals surface area contributed by atoms with E-state index in [1.807, 2.05) is 34.0 Å². The molecule has 0 unspecified atom stereocenters. The number of halogens is 1. The minimum atomic E-state index is -3.51. The van der Waals surface area contributed by atoms with E-state index in [-0.39, 0.29) is 12.4 Å². The Morgan fingerprint density at radius 2 is 1.72 bits per heavy atom. The Hall–Kier alpha value is -1.14. The van der Waals surface area contributed by atoms with Gasteiger partial charge in [0, 0.05) is 5.56 Å². The fraction of sp³-hybridized carbons (Fsp3) is 0.474. The van der Waals surface area contributed by atoms with Crippen LogP contribution in [-0.2, 0) is 10.0 Å². The van der Waals surface area contributed by atoms with E-state index in [1.54, 1.807) is 6.07 Å². The molecule has 140 valence electrons. The lowest BCUT2D eigenvalue weighted by Crippen LogP contribution is -3.06. The SMILES string of the molecule is Cc1cc(S(=O)(=O)NCC[NH+](C)C)c2c(C)ccc(C(C)C)cc1-2.[Cl-]. The second-order valence-electron chi connectivity index (χ2n) is 7.15. The third-order valence-corrected chi connectivity index (χ3v) is 5.88. The van der Waals surface area contributed by atoms with Crippen LogP contribution in [0.3, 0.4) is 0 Å². The van der Waals surface area contributed by atoms with Crippen LogP contribution in [0.4, 0.5) is 0 Å². The molecule has 0 heterocycles. The summed E-state index contributed by atoms with van der Waals surface area (Å²) in [5.74, 6) is 0.399. The van der Waals surface area contributed by atoms with E-state index in [9.17, 15) is 8.42 Å². The maximum atomic E-state index is 12.8. The van der Waals surface area contributed by atoms with E-state index in [0.717, 1.165) is 28.8 Å². The van der Waals surface area contributed by atoms with Gasteiger partial charge in [0.2, 0.25) is 10.0 Å². The predicted octanol–water partition coefficient (Wildman–Crippen LogP) is -1.04. The minimum absolute atomic E-state index is 0. The van der Waals surface area contributed by atoms with Crippen molar-refractivity contribution in [3.63, 3.8) is 0 Å². The number of fused-ring (bicyclic) bond motifs is 1. The van der Waals surface area contributed by atoms with Gasteiger partial charge in [0.1, 0.15) is 0 Å². The summed E-state index contributed by atoms with van der Waals surface area (Å²) in [4.78, 5) is 1.61. The highest BCUT2D eigenvalue weighted by molar-refractivity contribution is 7.89. The quantitative estimate of drug-likeness (QED) is 0.668. The first kappa shape index (κ1) is 21.9. The third-order valence-electron chi connectivity index (χ3n) is 4.39. The van der Waals surface area contributed by atoms with E-state index in [0.29, 0.717) is 17.4 Å². The van der Waals surface area contributed by atoms with Gasteiger partial charge >= 0.3 is 0 Å². The van der Waals surface area contributed by atoms with Crippen molar-refractivity contribution in [1.29, 1.82) is 0 Å². The van der Waals surface area contributed by atoms with Gasteiger partial charge < -0.3 is 17.3 Å². The molecule has 0 spiro atoms. The van der Waals surface area contributed by atoms with Crippen molar-refractivity contribution in [2.75, 3.05) is 27.2 Å². The summed E-state index contributed by atoms with van der Waals surface area (Å²) in [6.07, 6.45) is 0. The van der Waals surface area contributed by atoms with E-state index in [2.05, 4.69) is 30.7 Å². The van der Waals surface area contributed by atoms with Gasteiger partial charge in [-0.15, -0.1) is 0 Å². The molecule has 6 heteroatoms. The highest BCUT2D eigenvalue weighted by Crippen LogP contribution is 2.38. The number of nitrogens with one attached hydrogen (secondary N) is 2. The van der Waals surface area contributed by atoms with Gasteiger partial charge in [-0.2, -0.15) is 0 Å². The number of rotatable bonds is 6. The molecule has 2 N–H and O–H groups in total. The second-order valence-corrected chi connectivity index (χ2v) is 8.89. The maximum Gasteiger partial charge on any atom is 0.241 e. The van der Waals surface area contributed by atoms with Crippen molar-refractivity contribution >= 4 is 10.0 Å². The molecule has 0 atom stereocenters. The zero-order valence-electron chi connectivity index (χ0n) is 15.9. The number of likely N-dealkylation sites (N-methyl/N-ethyl adjacent to an activating group) is 1. The lowest BCUT2D eigenvalue weighted by atomic mass is 10.0. The van der Waals surface area contributed by atoms with Gasteiger partial charge in [0.15, 0.2) is 0 Å². The van der Waals surface area contributed by atoms with Crippen LogP contribution in [0.1, 0.15) is 36.5 Å². The van der Waals surface area contributed by atoms with Crippen molar-refractivity contribution in [1.82, 2.24) is 4.72 Å². The van der Waals surface area contributed by atoms with E-state index in [4.69, 9.17) is 0 Å². The maximum absolute atomic E-state index is 12.8. The summed E-state index contributed by atoms with van der Waals surface area (Å²) in [6, 6.07) is 8.05. The summed E-state index contributed by atoms with van der Waals surface area (Å²) in [6.45, 7) is 9.45. The Kier molecular flexibility index (Phi) is 7.44. The van der Waals surface area contributed by atoms with Gasteiger partial charge in [-0.05, 0) is 48.1 Å². The van der Waals surface area contributed by atoms with E-state index < -0.39 is 10.0 Å². The summed E-state index contributed by atoms with van der Waals surface area (Å²) in [5.41, 5.74) is 5.08. The Morgan fingerprint density at radius 1 is 1.08 bits per heavy atom. The van der Waals surface area contributed by atoms with Crippen LogP contribution < -0.4 is 22.0 Å². The molecule has 0 fully saturated rings. The lowest BCUT2D eigenvalue weighted by Gasteiger charge is -2.10. The first-order valence-electron chi connectivity index (χ1n) is 8.46. The summed E-state index contributed by atoms with van der Waals surface area (Å²) in [5, 5.41) is 0.